The summed E-state index contributed by atoms with van der Waals surface area (Å²) in [5.74, 6) is -0.0778. The number of amides is 1. The second kappa shape index (κ2) is 6.01. The molecular formula is C15H24N2O. The number of carbonyl (C=O) groups excluding carboxylic acids is 1. The van der Waals surface area contributed by atoms with Gasteiger partial charge >= 0.3 is 0 Å². The molecule has 3 heteroatoms. The zero-order chi connectivity index (χ0) is 13.8. The van der Waals surface area contributed by atoms with Gasteiger partial charge in [0.15, 0.2) is 0 Å². The quantitative estimate of drug-likeness (QED) is 0.857. The summed E-state index contributed by atoms with van der Waals surface area (Å²) in [6, 6.07) is 9.74. The first-order chi connectivity index (χ1) is 8.30. The van der Waals surface area contributed by atoms with Gasteiger partial charge in [0.05, 0.1) is 6.04 Å². The van der Waals surface area contributed by atoms with Gasteiger partial charge in [0.1, 0.15) is 0 Å². The van der Waals surface area contributed by atoms with Crippen molar-refractivity contribution in [3.63, 3.8) is 0 Å². The molecule has 0 aliphatic rings. The Bertz CT molecular complexity index is 381. The zero-order valence-corrected chi connectivity index (χ0v) is 11.7. The molecule has 18 heavy (non-hydrogen) atoms. The highest BCUT2D eigenvalue weighted by molar-refractivity contribution is 5.82. The van der Waals surface area contributed by atoms with Crippen molar-refractivity contribution in [2.45, 2.75) is 46.2 Å². The topological polar surface area (TPSA) is 55.1 Å². The first-order valence-electron chi connectivity index (χ1n) is 6.40. The standard InChI is InChI=1S/C15H24N2O/c1-11(10-12-8-6-5-7-9-12)17-14(18)13(16)15(2,3)4/h5-9,11,13H,10,16H2,1-4H3,(H,17,18). The van der Waals surface area contributed by atoms with E-state index in [-0.39, 0.29) is 17.4 Å². The lowest BCUT2D eigenvalue weighted by Crippen LogP contribution is -2.51. The molecule has 1 aromatic carbocycles. The summed E-state index contributed by atoms with van der Waals surface area (Å²) in [5.41, 5.74) is 6.93. The number of carbonyl (C=O) groups is 1. The Hall–Kier alpha value is -1.35. The van der Waals surface area contributed by atoms with Gasteiger partial charge in [-0.1, -0.05) is 51.1 Å². The van der Waals surface area contributed by atoms with E-state index in [1.54, 1.807) is 0 Å². The molecule has 1 aromatic rings. The van der Waals surface area contributed by atoms with Crippen molar-refractivity contribution in [1.29, 1.82) is 0 Å². The monoisotopic (exact) mass is 248 g/mol. The number of rotatable bonds is 4. The van der Waals surface area contributed by atoms with Crippen LogP contribution in [-0.2, 0) is 11.2 Å². The molecule has 1 rings (SSSR count). The molecular weight excluding hydrogens is 224 g/mol. The first kappa shape index (κ1) is 14.7. The van der Waals surface area contributed by atoms with E-state index in [0.29, 0.717) is 0 Å². The van der Waals surface area contributed by atoms with Gasteiger partial charge in [-0.05, 0) is 24.3 Å². The Kier molecular flexibility index (Phi) is 4.91. The van der Waals surface area contributed by atoms with Crippen LogP contribution in [0.2, 0.25) is 0 Å². The van der Waals surface area contributed by atoms with Crippen molar-refractivity contribution < 1.29 is 4.79 Å². The summed E-state index contributed by atoms with van der Waals surface area (Å²) >= 11 is 0. The molecule has 100 valence electrons. The molecule has 0 spiro atoms. The largest absolute Gasteiger partial charge is 0.352 e. The van der Waals surface area contributed by atoms with Crippen molar-refractivity contribution >= 4 is 5.91 Å². The van der Waals surface area contributed by atoms with E-state index in [0.717, 1.165) is 6.42 Å². The van der Waals surface area contributed by atoms with Crippen LogP contribution in [0.4, 0.5) is 0 Å². The maximum Gasteiger partial charge on any atom is 0.237 e. The average Bonchev–Trinajstić information content (AvgIpc) is 2.27. The van der Waals surface area contributed by atoms with Gasteiger partial charge in [-0.3, -0.25) is 4.79 Å². The van der Waals surface area contributed by atoms with E-state index in [1.807, 2.05) is 45.9 Å². The lowest BCUT2D eigenvalue weighted by Gasteiger charge is -2.27. The highest BCUT2D eigenvalue weighted by atomic mass is 16.2. The molecule has 2 unspecified atom stereocenters. The number of hydrogen-bond donors (Lipinski definition) is 2. The lowest BCUT2D eigenvalue weighted by molar-refractivity contribution is -0.125. The van der Waals surface area contributed by atoms with E-state index in [4.69, 9.17) is 5.73 Å². The molecule has 0 saturated carbocycles. The third kappa shape index (κ3) is 4.49. The molecule has 0 aliphatic heterocycles. The second-order valence-corrected chi connectivity index (χ2v) is 5.94. The molecule has 3 N–H and O–H groups in total. The first-order valence-corrected chi connectivity index (χ1v) is 6.40. The molecule has 0 fully saturated rings. The van der Waals surface area contributed by atoms with Crippen molar-refractivity contribution in [3.8, 4) is 0 Å². The van der Waals surface area contributed by atoms with Gasteiger partial charge in [-0.25, -0.2) is 0 Å². The minimum atomic E-state index is -0.476. The van der Waals surface area contributed by atoms with Gasteiger partial charge in [0, 0.05) is 6.04 Å². The molecule has 2 atom stereocenters. The van der Waals surface area contributed by atoms with Gasteiger partial charge in [0.2, 0.25) is 5.91 Å². The molecule has 0 radical (unpaired) electrons. The second-order valence-electron chi connectivity index (χ2n) is 5.94. The maximum atomic E-state index is 12.0. The number of hydrogen-bond acceptors (Lipinski definition) is 2. The Morgan fingerprint density at radius 1 is 1.28 bits per heavy atom. The summed E-state index contributed by atoms with van der Waals surface area (Å²) in [5, 5.41) is 2.97. The normalized spacial score (nSPS) is 14.9. The number of nitrogens with one attached hydrogen (secondary N) is 1. The van der Waals surface area contributed by atoms with Gasteiger partial charge < -0.3 is 11.1 Å². The fourth-order valence-corrected chi connectivity index (χ4v) is 1.74. The minimum absolute atomic E-state index is 0.0778. The Morgan fingerprint density at radius 2 is 1.83 bits per heavy atom. The van der Waals surface area contributed by atoms with E-state index < -0.39 is 6.04 Å². The Labute approximate surface area is 110 Å². The summed E-state index contributed by atoms with van der Waals surface area (Å²) in [6.07, 6.45) is 0.823. The van der Waals surface area contributed by atoms with Gasteiger partial charge in [0.25, 0.3) is 0 Å². The fourth-order valence-electron chi connectivity index (χ4n) is 1.74. The van der Waals surface area contributed by atoms with Crippen molar-refractivity contribution in [1.82, 2.24) is 5.32 Å². The molecule has 1 amide bonds. The smallest absolute Gasteiger partial charge is 0.237 e. The van der Waals surface area contributed by atoms with Crippen molar-refractivity contribution in [2.24, 2.45) is 11.1 Å². The summed E-state index contributed by atoms with van der Waals surface area (Å²) < 4.78 is 0. The lowest BCUT2D eigenvalue weighted by atomic mass is 9.87. The minimum Gasteiger partial charge on any atom is -0.352 e. The molecule has 0 aliphatic carbocycles. The molecule has 0 saturated heterocycles. The van der Waals surface area contributed by atoms with Gasteiger partial charge in [-0.2, -0.15) is 0 Å². The van der Waals surface area contributed by atoms with Crippen LogP contribution in [-0.4, -0.2) is 18.0 Å². The predicted octanol–water partition coefficient (Wildman–Crippen LogP) is 2.11. The number of benzene rings is 1. The Morgan fingerprint density at radius 3 is 2.33 bits per heavy atom. The fraction of sp³-hybridized carbons (Fsp3) is 0.533. The maximum absolute atomic E-state index is 12.0. The molecule has 0 bridgehead atoms. The third-order valence-corrected chi connectivity index (χ3v) is 2.99. The van der Waals surface area contributed by atoms with E-state index in [1.165, 1.54) is 5.56 Å². The van der Waals surface area contributed by atoms with Crippen LogP contribution >= 0.6 is 0 Å². The Balaban J connectivity index is 2.50. The molecule has 0 aromatic heterocycles. The van der Waals surface area contributed by atoms with Crippen LogP contribution in [0.1, 0.15) is 33.3 Å². The summed E-state index contributed by atoms with van der Waals surface area (Å²) in [4.78, 5) is 12.0. The van der Waals surface area contributed by atoms with Crippen LogP contribution in [0.5, 0.6) is 0 Å². The van der Waals surface area contributed by atoms with Crippen LogP contribution < -0.4 is 11.1 Å². The highest BCUT2D eigenvalue weighted by Gasteiger charge is 2.27. The van der Waals surface area contributed by atoms with E-state index in [2.05, 4.69) is 17.4 Å². The summed E-state index contributed by atoms with van der Waals surface area (Å²) in [6.45, 7) is 7.91. The van der Waals surface area contributed by atoms with E-state index in [9.17, 15) is 4.79 Å². The molecule has 0 heterocycles. The SMILES string of the molecule is CC(Cc1ccccc1)NC(=O)C(N)C(C)(C)C. The number of nitrogens with two attached hydrogens (primary N) is 1. The van der Waals surface area contributed by atoms with Crippen LogP contribution in [0.3, 0.4) is 0 Å². The van der Waals surface area contributed by atoms with Gasteiger partial charge in [-0.15, -0.1) is 0 Å². The van der Waals surface area contributed by atoms with Crippen molar-refractivity contribution in [3.05, 3.63) is 35.9 Å². The predicted molar refractivity (Wildman–Crippen MR) is 75.2 cm³/mol. The van der Waals surface area contributed by atoms with Crippen LogP contribution in [0.15, 0.2) is 30.3 Å². The van der Waals surface area contributed by atoms with Crippen LogP contribution in [0.25, 0.3) is 0 Å². The van der Waals surface area contributed by atoms with Crippen molar-refractivity contribution in [2.75, 3.05) is 0 Å². The summed E-state index contributed by atoms with van der Waals surface area (Å²) in [7, 11) is 0. The highest BCUT2D eigenvalue weighted by Crippen LogP contribution is 2.17. The van der Waals surface area contributed by atoms with E-state index >= 15 is 0 Å². The van der Waals surface area contributed by atoms with Crippen LogP contribution in [0, 0.1) is 5.41 Å². The third-order valence-electron chi connectivity index (χ3n) is 2.99. The zero-order valence-electron chi connectivity index (χ0n) is 11.7. The molecule has 3 nitrogen and oxygen atoms in total. The average molecular weight is 248 g/mol.